The minimum atomic E-state index is 0.690. The third kappa shape index (κ3) is 1.53. The summed E-state index contributed by atoms with van der Waals surface area (Å²) in [4.78, 5) is 0. The molecule has 0 fully saturated rings. The van der Waals surface area contributed by atoms with Crippen LogP contribution in [-0.4, -0.2) is 0 Å². The van der Waals surface area contributed by atoms with E-state index in [1.807, 2.05) is 0 Å². The molecule has 0 unspecified atom stereocenters. The molecule has 68 valence electrons. The highest BCUT2D eigenvalue weighted by molar-refractivity contribution is 5.52. The summed E-state index contributed by atoms with van der Waals surface area (Å²) in [6, 6.07) is 8.73. The Morgan fingerprint density at radius 1 is 1.15 bits per heavy atom. The molecule has 2 rings (SSSR count). The van der Waals surface area contributed by atoms with Crippen LogP contribution in [0.2, 0.25) is 0 Å². The van der Waals surface area contributed by atoms with E-state index in [0.717, 1.165) is 0 Å². The van der Waals surface area contributed by atoms with Gasteiger partial charge in [0.1, 0.15) is 0 Å². The van der Waals surface area contributed by atoms with E-state index in [0.29, 0.717) is 5.92 Å². The summed E-state index contributed by atoms with van der Waals surface area (Å²) in [5.41, 5.74) is 1.62. The summed E-state index contributed by atoms with van der Waals surface area (Å²) in [6.07, 6.45) is 4.81. The number of hydrogen-bond acceptors (Lipinski definition) is 0. The van der Waals surface area contributed by atoms with Gasteiger partial charge in [-0.3, -0.25) is 0 Å². The molecule has 1 aliphatic carbocycles. The van der Waals surface area contributed by atoms with Crippen molar-refractivity contribution in [2.45, 2.75) is 26.7 Å². The van der Waals surface area contributed by atoms with E-state index >= 15 is 0 Å². The van der Waals surface area contributed by atoms with Crippen LogP contribution in [-0.2, 0) is 0 Å². The first-order valence-electron chi connectivity index (χ1n) is 5.07. The van der Waals surface area contributed by atoms with Crippen molar-refractivity contribution in [2.24, 2.45) is 5.92 Å². The molecule has 1 aromatic rings. The molecule has 0 heterocycles. The van der Waals surface area contributed by atoms with Gasteiger partial charge >= 0.3 is 0 Å². The lowest BCUT2D eigenvalue weighted by molar-refractivity contribution is 0.797. The van der Waals surface area contributed by atoms with Crippen molar-refractivity contribution in [1.82, 2.24) is 0 Å². The Morgan fingerprint density at radius 2 is 1.92 bits per heavy atom. The van der Waals surface area contributed by atoms with Crippen LogP contribution in [0.1, 0.15) is 26.7 Å². The molecule has 0 heteroatoms. The van der Waals surface area contributed by atoms with Crippen LogP contribution in [0.15, 0.2) is 24.3 Å². The number of hydrogen-bond donors (Lipinski definition) is 0. The second-order valence-corrected chi connectivity index (χ2v) is 4.01. The minimum Gasteiger partial charge on any atom is -0.0763 e. The zero-order chi connectivity index (χ0) is 9.26. The average Bonchev–Trinajstić information content (AvgIpc) is 2.17. The molecule has 0 saturated heterocycles. The zero-order valence-electron chi connectivity index (χ0n) is 8.38. The van der Waals surface area contributed by atoms with Crippen LogP contribution in [0, 0.1) is 5.92 Å². The third-order valence-corrected chi connectivity index (χ3v) is 2.78. The predicted octanol–water partition coefficient (Wildman–Crippen LogP) is 2.07. The van der Waals surface area contributed by atoms with Gasteiger partial charge in [-0.25, -0.2) is 0 Å². The van der Waals surface area contributed by atoms with Crippen LogP contribution in [0.5, 0.6) is 0 Å². The van der Waals surface area contributed by atoms with Gasteiger partial charge in [0.15, 0.2) is 0 Å². The maximum atomic E-state index is 2.35. The predicted molar refractivity (Wildman–Crippen MR) is 57.6 cm³/mol. The van der Waals surface area contributed by atoms with Crippen molar-refractivity contribution >= 4 is 11.6 Å². The molecule has 0 spiro atoms. The lowest BCUT2D eigenvalue weighted by Crippen LogP contribution is -2.30. The van der Waals surface area contributed by atoms with Gasteiger partial charge < -0.3 is 0 Å². The number of benzene rings is 1. The Morgan fingerprint density at radius 3 is 2.69 bits per heavy atom. The molecule has 0 nitrogen and oxygen atoms in total. The minimum absolute atomic E-state index is 0.690. The Balaban J connectivity index is 2.76. The Labute approximate surface area is 79.6 Å². The molecular formula is C13H16. The molecule has 0 N–H and O–H groups in total. The summed E-state index contributed by atoms with van der Waals surface area (Å²) in [5, 5.41) is 2.90. The van der Waals surface area contributed by atoms with Gasteiger partial charge in [-0.15, -0.1) is 0 Å². The third-order valence-electron chi connectivity index (χ3n) is 2.78. The Bertz CT molecular complexity index is 410. The van der Waals surface area contributed by atoms with Crippen molar-refractivity contribution in [3.8, 4) is 0 Å². The Kier molecular flexibility index (Phi) is 2.22. The summed E-state index contributed by atoms with van der Waals surface area (Å²) in [7, 11) is 0. The molecule has 0 aliphatic heterocycles. The van der Waals surface area contributed by atoms with Gasteiger partial charge in [0, 0.05) is 0 Å². The van der Waals surface area contributed by atoms with Crippen molar-refractivity contribution < 1.29 is 0 Å². The first kappa shape index (κ1) is 8.55. The van der Waals surface area contributed by atoms with Crippen LogP contribution < -0.4 is 10.4 Å². The first-order valence-corrected chi connectivity index (χ1v) is 5.07. The van der Waals surface area contributed by atoms with E-state index < -0.39 is 0 Å². The SMILES string of the molecule is CC(C)C1=c2ccccc2=CCC1. The summed E-state index contributed by atoms with van der Waals surface area (Å²) >= 11 is 0. The first-order chi connectivity index (χ1) is 6.29. The van der Waals surface area contributed by atoms with E-state index in [1.54, 1.807) is 5.57 Å². The van der Waals surface area contributed by atoms with E-state index in [-0.39, 0.29) is 0 Å². The smallest absolute Gasteiger partial charge is 0.0193 e. The lowest BCUT2D eigenvalue weighted by atomic mass is 9.91. The highest BCUT2D eigenvalue weighted by atomic mass is 14.1. The normalized spacial score (nSPS) is 15.5. The largest absolute Gasteiger partial charge is 0.0763 e. The fraction of sp³-hybridized carbons (Fsp3) is 0.385. The monoisotopic (exact) mass is 172 g/mol. The molecule has 1 aliphatic rings. The lowest BCUT2D eigenvalue weighted by Gasteiger charge is -2.14. The van der Waals surface area contributed by atoms with Crippen LogP contribution in [0.4, 0.5) is 0 Å². The van der Waals surface area contributed by atoms with Gasteiger partial charge in [0.05, 0.1) is 0 Å². The molecule has 0 saturated carbocycles. The number of rotatable bonds is 1. The van der Waals surface area contributed by atoms with E-state index in [9.17, 15) is 0 Å². The Hall–Kier alpha value is -1.04. The van der Waals surface area contributed by atoms with E-state index in [2.05, 4.69) is 44.2 Å². The topological polar surface area (TPSA) is 0 Å². The molecule has 0 aromatic heterocycles. The van der Waals surface area contributed by atoms with Crippen LogP contribution in [0.3, 0.4) is 0 Å². The van der Waals surface area contributed by atoms with Crippen molar-refractivity contribution in [3.63, 3.8) is 0 Å². The quantitative estimate of drug-likeness (QED) is 0.608. The van der Waals surface area contributed by atoms with Gasteiger partial charge in [0.2, 0.25) is 0 Å². The standard InChI is InChI=1S/C13H16/c1-10(2)12-9-5-7-11-6-3-4-8-13(11)12/h3-4,6-8,10H,5,9H2,1-2H3. The molecule has 0 amide bonds. The van der Waals surface area contributed by atoms with Crippen molar-refractivity contribution in [3.05, 3.63) is 34.7 Å². The summed E-state index contributed by atoms with van der Waals surface area (Å²) < 4.78 is 0. The van der Waals surface area contributed by atoms with Crippen LogP contribution in [0.25, 0.3) is 11.6 Å². The molecule has 13 heavy (non-hydrogen) atoms. The summed E-state index contributed by atoms with van der Waals surface area (Å²) in [5.74, 6) is 0.690. The second kappa shape index (κ2) is 3.37. The molecular weight excluding hydrogens is 156 g/mol. The molecule has 0 atom stereocenters. The van der Waals surface area contributed by atoms with Crippen LogP contribution >= 0.6 is 0 Å². The highest BCUT2D eigenvalue weighted by Gasteiger charge is 2.06. The maximum Gasteiger partial charge on any atom is -0.0193 e. The van der Waals surface area contributed by atoms with E-state index in [1.165, 1.54) is 23.3 Å². The summed E-state index contributed by atoms with van der Waals surface area (Å²) in [6.45, 7) is 4.58. The van der Waals surface area contributed by atoms with Crippen molar-refractivity contribution in [1.29, 1.82) is 0 Å². The molecule has 0 bridgehead atoms. The maximum absolute atomic E-state index is 2.35. The molecule has 0 radical (unpaired) electrons. The fourth-order valence-electron chi connectivity index (χ4n) is 2.08. The van der Waals surface area contributed by atoms with Gasteiger partial charge in [0.25, 0.3) is 0 Å². The van der Waals surface area contributed by atoms with E-state index in [4.69, 9.17) is 0 Å². The number of fused-ring (bicyclic) bond motifs is 1. The fourth-order valence-corrected chi connectivity index (χ4v) is 2.08. The zero-order valence-corrected chi connectivity index (χ0v) is 8.38. The van der Waals surface area contributed by atoms with Gasteiger partial charge in [-0.2, -0.15) is 0 Å². The van der Waals surface area contributed by atoms with Gasteiger partial charge in [-0.1, -0.05) is 49.8 Å². The van der Waals surface area contributed by atoms with Gasteiger partial charge in [-0.05, 0) is 29.2 Å². The van der Waals surface area contributed by atoms with Crippen molar-refractivity contribution in [2.75, 3.05) is 0 Å². The second-order valence-electron chi connectivity index (χ2n) is 4.01. The molecule has 1 aromatic carbocycles. The average molecular weight is 172 g/mol. The highest BCUT2D eigenvalue weighted by Crippen LogP contribution is 2.16.